The van der Waals surface area contributed by atoms with Crippen molar-refractivity contribution in [3.05, 3.63) is 45.5 Å². The first-order chi connectivity index (χ1) is 9.70. The van der Waals surface area contributed by atoms with E-state index in [1.807, 2.05) is 20.8 Å². The van der Waals surface area contributed by atoms with E-state index < -0.39 is 11.6 Å². The maximum absolute atomic E-state index is 12.2. The summed E-state index contributed by atoms with van der Waals surface area (Å²) >= 11 is 5.82. The van der Waals surface area contributed by atoms with E-state index in [1.165, 1.54) is 0 Å². The third-order valence-electron chi connectivity index (χ3n) is 3.28. The van der Waals surface area contributed by atoms with E-state index in [1.54, 1.807) is 24.3 Å². The Morgan fingerprint density at radius 1 is 1.29 bits per heavy atom. The molecule has 1 aromatic heterocycles. The average molecular weight is 308 g/mol. The Bertz CT molecular complexity index is 702. The molecule has 4 N–H and O–H groups in total. The molecule has 0 aliphatic heterocycles. The second-order valence-electron chi connectivity index (χ2n) is 6.00. The van der Waals surface area contributed by atoms with Crippen molar-refractivity contribution in [3.63, 3.8) is 0 Å². The molecule has 112 valence electrons. The lowest BCUT2D eigenvalue weighted by molar-refractivity contribution is 0.311. The van der Waals surface area contributed by atoms with Crippen LogP contribution in [0.25, 0.3) is 11.1 Å². The van der Waals surface area contributed by atoms with Gasteiger partial charge in [0, 0.05) is 5.02 Å². The number of nitrogens with one attached hydrogen (secondary N) is 1. The lowest BCUT2D eigenvalue weighted by Crippen LogP contribution is -2.30. The highest BCUT2D eigenvalue weighted by Crippen LogP contribution is 2.30. The van der Waals surface area contributed by atoms with Gasteiger partial charge in [-0.2, -0.15) is 4.98 Å². The van der Waals surface area contributed by atoms with Crippen LogP contribution in [0, 0.1) is 5.41 Å². The van der Waals surface area contributed by atoms with E-state index in [9.17, 15) is 9.90 Å². The minimum Gasteiger partial charge on any atom is -0.493 e. The van der Waals surface area contributed by atoms with Crippen LogP contribution in [-0.2, 0) is 0 Å². The highest BCUT2D eigenvalue weighted by molar-refractivity contribution is 6.30. The highest BCUT2D eigenvalue weighted by atomic mass is 35.5. The molecule has 0 amide bonds. The summed E-state index contributed by atoms with van der Waals surface area (Å²) in [5, 5.41) is 10.6. The zero-order chi connectivity index (χ0) is 15.8. The first-order valence-electron chi connectivity index (χ1n) is 6.55. The second-order valence-corrected chi connectivity index (χ2v) is 6.44. The number of aromatic nitrogens is 2. The second kappa shape index (κ2) is 5.50. The number of H-pyrrole nitrogens is 1. The quantitative estimate of drug-likeness (QED) is 0.795. The molecular weight excluding hydrogens is 290 g/mol. The lowest BCUT2D eigenvalue weighted by atomic mass is 9.87. The molecule has 6 heteroatoms. The first kappa shape index (κ1) is 15.5. The highest BCUT2D eigenvalue weighted by Gasteiger charge is 2.26. The average Bonchev–Trinajstić information content (AvgIpc) is 2.38. The topological polar surface area (TPSA) is 92.0 Å². The molecule has 0 spiro atoms. The summed E-state index contributed by atoms with van der Waals surface area (Å²) in [6, 6.07) is 6.10. The Kier molecular flexibility index (Phi) is 4.07. The Labute approximate surface area is 127 Å². The number of hydrogen-bond acceptors (Lipinski definition) is 4. The van der Waals surface area contributed by atoms with Crippen LogP contribution in [-0.4, -0.2) is 15.1 Å². The van der Waals surface area contributed by atoms with Crippen molar-refractivity contribution >= 4 is 11.6 Å². The largest absolute Gasteiger partial charge is 0.493 e. The third-order valence-corrected chi connectivity index (χ3v) is 3.53. The molecule has 1 unspecified atom stereocenters. The maximum Gasteiger partial charge on any atom is 0.262 e. The van der Waals surface area contributed by atoms with E-state index in [0.717, 1.165) is 0 Å². The molecule has 0 aliphatic rings. The summed E-state index contributed by atoms with van der Waals surface area (Å²) in [6.07, 6.45) is 0. The minimum absolute atomic E-state index is 0.108. The fourth-order valence-electron chi connectivity index (χ4n) is 1.91. The minimum atomic E-state index is -0.490. The lowest BCUT2D eigenvalue weighted by Gasteiger charge is -2.26. The van der Waals surface area contributed by atoms with Gasteiger partial charge >= 0.3 is 0 Å². The molecule has 1 atom stereocenters. The predicted octanol–water partition coefficient (Wildman–Crippen LogP) is 2.84. The Morgan fingerprint density at radius 2 is 1.86 bits per heavy atom. The molecule has 1 aromatic carbocycles. The molecule has 0 saturated carbocycles. The molecule has 0 saturated heterocycles. The normalized spacial score (nSPS) is 13.2. The number of aromatic amines is 1. The number of nitrogens with two attached hydrogens (primary N) is 1. The van der Waals surface area contributed by atoms with Gasteiger partial charge in [-0.15, -0.1) is 0 Å². The van der Waals surface area contributed by atoms with Crippen molar-refractivity contribution in [3.8, 4) is 17.0 Å². The van der Waals surface area contributed by atoms with Gasteiger partial charge in [-0.25, -0.2) is 0 Å². The Hall–Kier alpha value is -1.85. The molecule has 1 heterocycles. The number of rotatable bonds is 2. The molecular formula is C15H18ClN3O2. The van der Waals surface area contributed by atoms with Gasteiger partial charge in [0.25, 0.3) is 5.56 Å². The van der Waals surface area contributed by atoms with Gasteiger partial charge in [0.1, 0.15) is 11.4 Å². The van der Waals surface area contributed by atoms with E-state index in [2.05, 4.69) is 9.97 Å². The van der Waals surface area contributed by atoms with Gasteiger partial charge < -0.3 is 15.8 Å². The smallest absolute Gasteiger partial charge is 0.262 e. The van der Waals surface area contributed by atoms with Crippen LogP contribution in [0.5, 0.6) is 5.88 Å². The summed E-state index contributed by atoms with van der Waals surface area (Å²) in [4.78, 5) is 18.9. The van der Waals surface area contributed by atoms with E-state index in [4.69, 9.17) is 17.3 Å². The number of aromatic hydroxyl groups is 1. The van der Waals surface area contributed by atoms with Gasteiger partial charge in [0.2, 0.25) is 5.88 Å². The van der Waals surface area contributed by atoms with Crippen molar-refractivity contribution in [2.24, 2.45) is 11.1 Å². The molecule has 0 bridgehead atoms. The molecule has 0 aliphatic carbocycles. The van der Waals surface area contributed by atoms with Crippen molar-refractivity contribution in [1.29, 1.82) is 0 Å². The van der Waals surface area contributed by atoms with Crippen LogP contribution in [0.4, 0.5) is 0 Å². The van der Waals surface area contributed by atoms with Gasteiger partial charge in [0.15, 0.2) is 0 Å². The van der Waals surface area contributed by atoms with Crippen LogP contribution < -0.4 is 11.3 Å². The number of halogens is 1. The number of benzene rings is 1. The summed E-state index contributed by atoms with van der Waals surface area (Å²) in [5.74, 6) is -0.0708. The van der Waals surface area contributed by atoms with Gasteiger partial charge in [-0.1, -0.05) is 44.5 Å². The summed E-state index contributed by atoms with van der Waals surface area (Å²) < 4.78 is 0. The van der Waals surface area contributed by atoms with Gasteiger partial charge in [-0.05, 0) is 23.1 Å². The molecule has 0 radical (unpaired) electrons. The van der Waals surface area contributed by atoms with Crippen LogP contribution >= 0.6 is 11.6 Å². The molecule has 5 nitrogen and oxygen atoms in total. The Morgan fingerprint density at radius 3 is 2.33 bits per heavy atom. The van der Waals surface area contributed by atoms with E-state index in [-0.39, 0.29) is 22.7 Å². The van der Waals surface area contributed by atoms with Crippen LogP contribution in [0.2, 0.25) is 5.02 Å². The summed E-state index contributed by atoms with van der Waals surface area (Å²) in [5.41, 5.74) is 5.99. The van der Waals surface area contributed by atoms with Crippen LogP contribution in [0.3, 0.4) is 0 Å². The van der Waals surface area contributed by atoms with Crippen molar-refractivity contribution in [2.45, 2.75) is 26.8 Å². The van der Waals surface area contributed by atoms with Crippen LogP contribution in [0.15, 0.2) is 29.1 Å². The van der Waals surface area contributed by atoms with Crippen LogP contribution in [0.1, 0.15) is 32.6 Å². The molecule has 0 fully saturated rings. The number of hydrogen-bond donors (Lipinski definition) is 3. The SMILES string of the molecule is CC(C)(C)C(N)c1nc(O)c(-c2ccc(Cl)cc2)c(=O)[nH]1. The zero-order valence-corrected chi connectivity index (χ0v) is 12.9. The van der Waals surface area contributed by atoms with E-state index in [0.29, 0.717) is 10.6 Å². The van der Waals surface area contributed by atoms with Crippen molar-refractivity contribution in [2.75, 3.05) is 0 Å². The Balaban J connectivity index is 2.53. The van der Waals surface area contributed by atoms with Crippen molar-refractivity contribution < 1.29 is 5.11 Å². The van der Waals surface area contributed by atoms with E-state index >= 15 is 0 Å². The standard InChI is InChI=1S/C15H18ClN3O2/c1-15(2,3)11(17)12-18-13(20)10(14(21)19-12)8-4-6-9(16)7-5-8/h4-7,11H,17H2,1-3H3,(H2,18,19,20,21). The number of nitrogens with zero attached hydrogens (tertiary/aromatic N) is 1. The fourth-order valence-corrected chi connectivity index (χ4v) is 2.04. The third kappa shape index (κ3) is 3.25. The molecule has 2 rings (SSSR count). The predicted molar refractivity (Wildman–Crippen MR) is 83.4 cm³/mol. The van der Waals surface area contributed by atoms with Gasteiger partial charge in [-0.3, -0.25) is 4.79 Å². The van der Waals surface area contributed by atoms with Gasteiger partial charge in [0.05, 0.1) is 6.04 Å². The fraction of sp³-hybridized carbons (Fsp3) is 0.333. The van der Waals surface area contributed by atoms with Crippen molar-refractivity contribution in [1.82, 2.24) is 9.97 Å². The first-order valence-corrected chi connectivity index (χ1v) is 6.92. The summed E-state index contributed by atoms with van der Waals surface area (Å²) in [7, 11) is 0. The maximum atomic E-state index is 12.2. The monoisotopic (exact) mass is 307 g/mol. The zero-order valence-electron chi connectivity index (χ0n) is 12.1. The molecule has 21 heavy (non-hydrogen) atoms. The summed E-state index contributed by atoms with van der Waals surface area (Å²) in [6.45, 7) is 5.80. The molecule has 2 aromatic rings.